The maximum atomic E-state index is 14.1. The first-order chi connectivity index (χ1) is 14.9. The highest BCUT2D eigenvalue weighted by Crippen LogP contribution is 2.24. The number of aromatic nitrogens is 2. The predicted octanol–water partition coefficient (Wildman–Crippen LogP) is 2.76. The molecule has 7 nitrogen and oxygen atoms in total. The summed E-state index contributed by atoms with van der Waals surface area (Å²) in [6, 6.07) is 3.84. The van der Waals surface area contributed by atoms with Gasteiger partial charge in [0.2, 0.25) is 0 Å². The number of guanidine groups is 1. The van der Waals surface area contributed by atoms with Crippen LogP contribution in [0.2, 0.25) is 0 Å². The lowest BCUT2D eigenvalue weighted by Crippen LogP contribution is -2.44. The number of halogens is 2. The number of hydrogen-bond donors (Lipinski definition) is 2. The molecule has 0 aliphatic carbocycles. The maximum Gasteiger partial charge on any atom is 0.191 e. The number of ether oxygens (including phenoxy) is 1. The number of nitrogens with one attached hydrogen (secondary N) is 2. The predicted molar refractivity (Wildman–Crippen MR) is 119 cm³/mol. The summed E-state index contributed by atoms with van der Waals surface area (Å²) < 4.78 is 34.4. The maximum absolute atomic E-state index is 14.1. The number of rotatable bonds is 8. The highest BCUT2D eigenvalue weighted by molar-refractivity contribution is 5.80. The highest BCUT2D eigenvalue weighted by Gasteiger charge is 2.25. The molecule has 1 aliphatic heterocycles. The van der Waals surface area contributed by atoms with Crippen LogP contribution in [0.5, 0.6) is 0 Å². The molecule has 170 valence electrons. The molecule has 2 aromatic rings. The first kappa shape index (κ1) is 23.0. The van der Waals surface area contributed by atoms with Crippen LogP contribution >= 0.6 is 0 Å². The molecule has 1 unspecified atom stereocenters. The van der Waals surface area contributed by atoms with Gasteiger partial charge in [-0.3, -0.25) is 4.68 Å². The Morgan fingerprint density at radius 1 is 1.32 bits per heavy atom. The van der Waals surface area contributed by atoms with Crippen LogP contribution in [0.1, 0.15) is 30.3 Å². The van der Waals surface area contributed by atoms with Gasteiger partial charge in [-0.2, -0.15) is 5.10 Å². The van der Waals surface area contributed by atoms with Crippen molar-refractivity contribution in [2.45, 2.75) is 46.3 Å². The van der Waals surface area contributed by atoms with E-state index in [1.54, 1.807) is 7.11 Å². The Kier molecular flexibility index (Phi) is 7.84. The lowest BCUT2D eigenvalue weighted by Gasteiger charge is -2.21. The fraction of sp³-hybridized carbons (Fsp3) is 0.545. The van der Waals surface area contributed by atoms with Crippen LogP contribution in [0, 0.1) is 25.5 Å². The van der Waals surface area contributed by atoms with Crippen LogP contribution in [-0.4, -0.2) is 55.1 Å². The molecule has 0 amide bonds. The van der Waals surface area contributed by atoms with Crippen molar-refractivity contribution in [2.24, 2.45) is 4.99 Å². The van der Waals surface area contributed by atoms with Gasteiger partial charge in [-0.15, -0.1) is 0 Å². The molecule has 2 heterocycles. The number of aliphatic imine (C=N–C) groups is 1. The van der Waals surface area contributed by atoms with Crippen molar-refractivity contribution in [1.82, 2.24) is 20.4 Å². The summed E-state index contributed by atoms with van der Waals surface area (Å²) in [5.41, 5.74) is 3.59. The lowest BCUT2D eigenvalue weighted by molar-refractivity contribution is 0.182. The third kappa shape index (κ3) is 5.72. The van der Waals surface area contributed by atoms with Crippen molar-refractivity contribution in [3.63, 3.8) is 0 Å². The van der Waals surface area contributed by atoms with Gasteiger partial charge in [0.1, 0.15) is 11.6 Å². The molecule has 0 saturated carbocycles. The van der Waals surface area contributed by atoms with Crippen LogP contribution in [0.3, 0.4) is 0 Å². The lowest BCUT2D eigenvalue weighted by atomic mass is 10.2. The van der Waals surface area contributed by atoms with Gasteiger partial charge in [0.25, 0.3) is 0 Å². The molecule has 31 heavy (non-hydrogen) atoms. The van der Waals surface area contributed by atoms with E-state index in [-0.39, 0.29) is 6.04 Å². The minimum absolute atomic E-state index is 0.119. The molecular weight excluding hydrogens is 402 g/mol. The van der Waals surface area contributed by atoms with E-state index in [1.807, 2.05) is 30.4 Å². The first-order valence-electron chi connectivity index (χ1n) is 10.7. The summed E-state index contributed by atoms with van der Waals surface area (Å²) in [5.74, 6) is -0.372. The first-order valence-corrected chi connectivity index (χ1v) is 10.7. The zero-order chi connectivity index (χ0) is 22.4. The van der Waals surface area contributed by atoms with Crippen LogP contribution in [0.4, 0.5) is 14.5 Å². The molecule has 0 radical (unpaired) electrons. The van der Waals surface area contributed by atoms with Gasteiger partial charge in [-0.1, -0.05) is 0 Å². The van der Waals surface area contributed by atoms with E-state index in [1.165, 1.54) is 12.1 Å². The second-order valence-electron chi connectivity index (χ2n) is 7.73. The summed E-state index contributed by atoms with van der Waals surface area (Å²) in [6.45, 7) is 9.96. The Hall–Kier alpha value is -2.68. The summed E-state index contributed by atoms with van der Waals surface area (Å²) in [4.78, 5) is 6.69. The van der Waals surface area contributed by atoms with Gasteiger partial charge >= 0.3 is 0 Å². The highest BCUT2D eigenvalue weighted by atomic mass is 19.1. The van der Waals surface area contributed by atoms with Crippen molar-refractivity contribution < 1.29 is 13.5 Å². The van der Waals surface area contributed by atoms with Gasteiger partial charge in [0.05, 0.1) is 31.1 Å². The van der Waals surface area contributed by atoms with Gasteiger partial charge < -0.3 is 20.3 Å². The van der Waals surface area contributed by atoms with Crippen LogP contribution in [-0.2, 0) is 17.8 Å². The average molecular weight is 435 g/mol. The molecule has 1 aromatic carbocycles. The number of anilines is 1. The van der Waals surface area contributed by atoms with Gasteiger partial charge in [0.15, 0.2) is 5.96 Å². The Labute approximate surface area is 182 Å². The van der Waals surface area contributed by atoms with Crippen molar-refractivity contribution in [3.8, 4) is 0 Å². The van der Waals surface area contributed by atoms with E-state index in [2.05, 4.69) is 15.7 Å². The topological polar surface area (TPSA) is 66.7 Å². The second-order valence-corrected chi connectivity index (χ2v) is 7.73. The molecule has 0 spiro atoms. The molecular formula is C22H32F2N6O. The summed E-state index contributed by atoms with van der Waals surface area (Å²) in [6.07, 6.45) is 0.842. The molecule has 9 heteroatoms. The molecule has 3 rings (SSSR count). The number of aryl methyl sites for hydroxylation is 1. The molecule has 1 saturated heterocycles. The molecule has 1 aliphatic rings. The summed E-state index contributed by atoms with van der Waals surface area (Å²) in [5, 5.41) is 11.3. The SMILES string of the molecule is CCNC(=NCc1c(C)nn(CCOC)c1C)NC1CCN(c2ccc(F)cc2F)C1. The van der Waals surface area contributed by atoms with E-state index in [4.69, 9.17) is 9.73 Å². The fourth-order valence-electron chi connectivity index (χ4n) is 3.86. The smallest absolute Gasteiger partial charge is 0.191 e. The number of nitrogens with zero attached hydrogens (tertiary/aromatic N) is 4. The fourth-order valence-corrected chi connectivity index (χ4v) is 3.86. The Balaban J connectivity index is 1.65. The minimum atomic E-state index is -0.562. The quantitative estimate of drug-likeness (QED) is 0.494. The van der Waals surface area contributed by atoms with Crippen LogP contribution in [0.25, 0.3) is 0 Å². The third-order valence-electron chi connectivity index (χ3n) is 5.56. The van der Waals surface area contributed by atoms with Gasteiger partial charge in [0, 0.05) is 50.1 Å². The van der Waals surface area contributed by atoms with E-state index >= 15 is 0 Å². The molecule has 1 fully saturated rings. The monoisotopic (exact) mass is 434 g/mol. The zero-order valence-electron chi connectivity index (χ0n) is 18.7. The van der Waals surface area contributed by atoms with Crippen molar-refractivity contribution in [2.75, 3.05) is 38.3 Å². The van der Waals surface area contributed by atoms with Crippen molar-refractivity contribution in [1.29, 1.82) is 0 Å². The van der Waals surface area contributed by atoms with E-state index in [0.29, 0.717) is 38.5 Å². The Bertz CT molecular complexity index is 914. The minimum Gasteiger partial charge on any atom is -0.383 e. The van der Waals surface area contributed by atoms with Crippen molar-refractivity contribution >= 4 is 11.6 Å². The standard InChI is InChI=1S/C22H32F2N6O/c1-5-25-22(26-13-19-15(2)28-30(16(19)3)10-11-31-4)27-18-8-9-29(14-18)21-7-6-17(23)12-20(21)24/h6-7,12,18H,5,8-11,13-14H2,1-4H3,(H2,25,26,27). The van der Waals surface area contributed by atoms with E-state index in [9.17, 15) is 8.78 Å². The summed E-state index contributed by atoms with van der Waals surface area (Å²) >= 11 is 0. The zero-order valence-corrected chi connectivity index (χ0v) is 18.7. The van der Waals surface area contributed by atoms with Crippen LogP contribution < -0.4 is 15.5 Å². The largest absolute Gasteiger partial charge is 0.383 e. The van der Waals surface area contributed by atoms with Crippen LogP contribution in [0.15, 0.2) is 23.2 Å². The van der Waals surface area contributed by atoms with Gasteiger partial charge in [-0.25, -0.2) is 13.8 Å². The number of methoxy groups -OCH3 is 1. The third-order valence-corrected chi connectivity index (χ3v) is 5.56. The molecule has 0 bridgehead atoms. The molecule has 2 N–H and O–H groups in total. The molecule has 1 atom stereocenters. The Morgan fingerprint density at radius 2 is 2.13 bits per heavy atom. The number of benzene rings is 1. The molecule has 1 aromatic heterocycles. The van der Waals surface area contributed by atoms with E-state index < -0.39 is 11.6 Å². The van der Waals surface area contributed by atoms with Crippen molar-refractivity contribution in [3.05, 3.63) is 46.8 Å². The average Bonchev–Trinajstić information content (AvgIpc) is 3.29. The normalized spacial score (nSPS) is 16.8. The Morgan fingerprint density at radius 3 is 2.84 bits per heavy atom. The van der Waals surface area contributed by atoms with E-state index in [0.717, 1.165) is 41.9 Å². The van der Waals surface area contributed by atoms with Gasteiger partial charge in [-0.05, 0) is 39.3 Å². The number of hydrogen-bond acceptors (Lipinski definition) is 4. The summed E-state index contributed by atoms with van der Waals surface area (Å²) in [7, 11) is 1.68. The second kappa shape index (κ2) is 10.6.